The van der Waals surface area contributed by atoms with Crippen LogP contribution in [0.3, 0.4) is 0 Å². The van der Waals surface area contributed by atoms with E-state index in [4.69, 9.17) is 39.5 Å². The second-order valence-electron chi connectivity index (χ2n) is 5.20. The molecule has 0 aliphatic carbocycles. The molecule has 22 heavy (non-hydrogen) atoms. The zero-order valence-corrected chi connectivity index (χ0v) is 14.4. The molecule has 118 valence electrons. The molecule has 3 rings (SSSR count). The third-order valence-corrected chi connectivity index (χ3v) is 5.78. The van der Waals surface area contributed by atoms with E-state index < -0.39 is 5.54 Å². The number of carbonyl (C=O) groups excluding carboxylic acids is 1. The molecule has 4 nitrogen and oxygen atoms in total. The number of aliphatic hydroxyl groups is 1. The highest BCUT2D eigenvalue weighted by Gasteiger charge is 2.37. The van der Waals surface area contributed by atoms with Crippen molar-refractivity contribution in [1.29, 1.82) is 0 Å². The maximum absolute atomic E-state index is 12.5. The number of fused-ring (bicyclic) bond motifs is 1. The molecule has 1 amide bonds. The number of carbonyl (C=O) groups is 1. The lowest BCUT2D eigenvalue weighted by Gasteiger charge is -2.25. The number of hydrogen-bond acceptors (Lipinski definition) is 4. The van der Waals surface area contributed by atoms with Crippen LogP contribution in [-0.2, 0) is 4.74 Å². The van der Waals surface area contributed by atoms with E-state index in [2.05, 4.69) is 5.32 Å². The van der Waals surface area contributed by atoms with Crippen LogP contribution in [0.25, 0.3) is 10.1 Å². The lowest BCUT2D eigenvalue weighted by molar-refractivity contribution is 0.0793. The van der Waals surface area contributed by atoms with E-state index in [9.17, 15) is 9.90 Å². The first-order valence-corrected chi connectivity index (χ1v) is 8.49. The van der Waals surface area contributed by atoms with Gasteiger partial charge in [-0.25, -0.2) is 0 Å². The van der Waals surface area contributed by atoms with E-state index in [0.717, 1.165) is 4.70 Å². The fraction of sp³-hybridized carbons (Fsp3) is 0.357. The highest BCUT2D eigenvalue weighted by atomic mass is 35.5. The summed E-state index contributed by atoms with van der Waals surface area (Å²) in [5.74, 6) is -0.349. The van der Waals surface area contributed by atoms with Crippen molar-refractivity contribution in [1.82, 2.24) is 5.32 Å². The number of benzene rings is 1. The van der Waals surface area contributed by atoms with Crippen molar-refractivity contribution < 1.29 is 14.6 Å². The Bertz CT molecular complexity index is 740. The molecule has 0 saturated carbocycles. The van der Waals surface area contributed by atoms with Crippen LogP contribution in [0.1, 0.15) is 16.1 Å². The van der Waals surface area contributed by atoms with Crippen molar-refractivity contribution in [2.45, 2.75) is 12.0 Å². The van der Waals surface area contributed by atoms with Gasteiger partial charge in [0.15, 0.2) is 0 Å². The van der Waals surface area contributed by atoms with Crippen LogP contribution in [0, 0.1) is 0 Å². The first kappa shape index (κ1) is 16.3. The Labute approximate surface area is 145 Å². The van der Waals surface area contributed by atoms with E-state index in [1.165, 1.54) is 11.3 Å². The molecule has 1 aromatic heterocycles. The van der Waals surface area contributed by atoms with Gasteiger partial charge in [0.2, 0.25) is 0 Å². The van der Waals surface area contributed by atoms with Gasteiger partial charge in [-0.15, -0.1) is 11.3 Å². The van der Waals surface area contributed by atoms with Crippen LogP contribution in [0.15, 0.2) is 12.1 Å². The SMILES string of the molecule is O=C(NC1(CO)CCOC1)c1sc2cc(Cl)cc(Cl)c2c1Cl. The van der Waals surface area contributed by atoms with Crippen LogP contribution in [0.4, 0.5) is 0 Å². The molecule has 1 aliphatic heterocycles. The predicted molar refractivity (Wildman–Crippen MR) is 89.6 cm³/mol. The minimum atomic E-state index is -0.752. The normalized spacial score (nSPS) is 21.5. The van der Waals surface area contributed by atoms with Crippen molar-refractivity contribution in [3.63, 3.8) is 0 Å². The Morgan fingerprint density at radius 2 is 2.18 bits per heavy atom. The van der Waals surface area contributed by atoms with Gasteiger partial charge in [-0.05, 0) is 18.6 Å². The van der Waals surface area contributed by atoms with Crippen molar-refractivity contribution in [2.75, 3.05) is 19.8 Å². The molecule has 1 fully saturated rings. The van der Waals surface area contributed by atoms with Crippen LogP contribution in [0.2, 0.25) is 15.1 Å². The molecule has 2 aromatic rings. The predicted octanol–water partition coefficient (Wildman–Crippen LogP) is 3.74. The van der Waals surface area contributed by atoms with Crippen LogP contribution in [0.5, 0.6) is 0 Å². The third-order valence-electron chi connectivity index (χ3n) is 3.64. The first-order chi connectivity index (χ1) is 10.5. The van der Waals surface area contributed by atoms with E-state index in [1.54, 1.807) is 12.1 Å². The lowest BCUT2D eigenvalue weighted by atomic mass is 10.00. The highest BCUT2D eigenvalue weighted by molar-refractivity contribution is 7.21. The minimum absolute atomic E-state index is 0.187. The third kappa shape index (κ3) is 2.82. The Balaban J connectivity index is 1.98. The summed E-state index contributed by atoms with van der Waals surface area (Å²) in [4.78, 5) is 12.9. The first-order valence-electron chi connectivity index (χ1n) is 6.54. The number of ether oxygens (including phenoxy) is 1. The van der Waals surface area contributed by atoms with Crippen LogP contribution in [-0.4, -0.2) is 36.4 Å². The van der Waals surface area contributed by atoms with Gasteiger partial charge in [0.05, 0.1) is 28.8 Å². The Morgan fingerprint density at radius 1 is 1.41 bits per heavy atom. The van der Waals surface area contributed by atoms with Crippen LogP contribution >= 0.6 is 46.1 Å². The van der Waals surface area contributed by atoms with Crippen molar-refractivity contribution in [2.24, 2.45) is 0 Å². The molecule has 0 spiro atoms. The number of thiophene rings is 1. The Hall–Kier alpha value is -0.560. The summed E-state index contributed by atoms with van der Waals surface area (Å²) >= 11 is 19.7. The zero-order chi connectivity index (χ0) is 15.9. The largest absolute Gasteiger partial charge is 0.394 e. The van der Waals surface area contributed by atoms with E-state index in [1.807, 2.05) is 0 Å². The van der Waals surface area contributed by atoms with Crippen molar-refractivity contribution >= 4 is 62.1 Å². The molecular weight excluding hydrogens is 369 g/mol. The van der Waals surface area contributed by atoms with Gasteiger partial charge in [-0.1, -0.05) is 34.8 Å². The Morgan fingerprint density at radius 3 is 2.82 bits per heavy atom. The smallest absolute Gasteiger partial charge is 0.263 e. The summed E-state index contributed by atoms with van der Waals surface area (Å²) in [6.07, 6.45) is 0.560. The van der Waals surface area contributed by atoms with Gasteiger partial charge in [0.1, 0.15) is 4.88 Å². The van der Waals surface area contributed by atoms with Gasteiger partial charge in [-0.3, -0.25) is 4.79 Å². The van der Waals surface area contributed by atoms with Crippen molar-refractivity contribution in [3.05, 3.63) is 32.1 Å². The number of hydrogen-bond donors (Lipinski definition) is 2. The number of nitrogens with one attached hydrogen (secondary N) is 1. The summed E-state index contributed by atoms with van der Waals surface area (Å²) < 4.78 is 6.01. The molecule has 2 N–H and O–H groups in total. The van der Waals surface area contributed by atoms with E-state index in [-0.39, 0.29) is 19.1 Å². The molecule has 8 heteroatoms. The summed E-state index contributed by atoms with van der Waals surface area (Å²) in [5, 5.41) is 14.2. The molecule has 1 atom stereocenters. The van der Waals surface area contributed by atoms with Gasteiger partial charge < -0.3 is 15.2 Å². The van der Waals surface area contributed by atoms with E-state index >= 15 is 0 Å². The average Bonchev–Trinajstić information content (AvgIpc) is 3.04. The van der Waals surface area contributed by atoms with Gasteiger partial charge in [0.25, 0.3) is 5.91 Å². The summed E-state index contributed by atoms with van der Waals surface area (Å²) in [5.41, 5.74) is -0.752. The number of rotatable bonds is 3. The van der Waals surface area contributed by atoms with Crippen LogP contribution < -0.4 is 5.32 Å². The van der Waals surface area contributed by atoms with Crippen molar-refractivity contribution in [3.8, 4) is 0 Å². The maximum Gasteiger partial charge on any atom is 0.263 e. The number of aliphatic hydroxyl groups excluding tert-OH is 1. The molecule has 1 aromatic carbocycles. The van der Waals surface area contributed by atoms with Gasteiger partial charge in [0, 0.05) is 21.7 Å². The summed E-state index contributed by atoms with van der Waals surface area (Å²) in [6, 6.07) is 3.31. The molecular formula is C14H12Cl3NO3S. The van der Waals surface area contributed by atoms with Gasteiger partial charge in [-0.2, -0.15) is 0 Å². The monoisotopic (exact) mass is 379 g/mol. The summed E-state index contributed by atoms with van der Waals surface area (Å²) in [7, 11) is 0. The molecule has 0 radical (unpaired) electrons. The average molecular weight is 381 g/mol. The number of halogens is 3. The Kier molecular flexibility index (Phi) is 4.56. The fourth-order valence-electron chi connectivity index (χ4n) is 2.43. The maximum atomic E-state index is 12.5. The summed E-state index contributed by atoms with van der Waals surface area (Å²) in [6.45, 7) is 0.598. The zero-order valence-electron chi connectivity index (χ0n) is 11.3. The fourth-order valence-corrected chi connectivity index (χ4v) is 4.70. The molecule has 0 bridgehead atoms. The minimum Gasteiger partial charge on any atom is -0.394 e. The second kappa shape index (κ2) is 6.15. The topological polar surface area (TPSA) is 58.6 Å². The molecule has 1 saturated heterocycles. The standard InChI is InChI=1S/C14H12Cl3NO3S/c15-7-3-8(16)10-9(4-7)22-12(11(10)17)13(20)18-14(5-19)1-2-21-6-14/h3-4,19H,1-2,5-6H2,(H,18,20). The molecule has 2 heterocycles. The van der Waals surface area contributed by atoms with Gasteiger partial charge >= 0.3 is 0 Å². The lowest BCUT2D eigenvalue weighted by Crippen LogP contribution is -2.51. The highest BCUT2D eigenvalue weighted by Crippen LogP contribution is 2.41. The number of amides is 1. The second-order valence-corrected chi connectivity index (χ2v) is 7.47. The quantitative estimate of drug-likeness (QED) is 0.853. The molecule has 1 unspecified atom stereocenters. The molecule has 1 aliphatic rings. The van der Waals surface area contributed by atoms with E-state index in [0.29, 0.717) is 38.4 Å².